The quantitative estimate of drug-likeness (QED) is 0.193. The van der Waals surface area contributed by atoms with Crippen molar-refractivity contribution in [1.82, 2.24) is 0 Å². The molecule has 6 heteroatoms. The molecule has 4 N–H and O–H groups in total. The second-order valence-corrected chi connectivity index (χ2v) is 10.6. The summed E-state index contributed by atoms with van der Waals surface area (Å²) in [5.74, 6) is 0. The highest BCUT2D eigenvalue weighted by molar-refractivity contribution is 4.76. The maximum Gasteiger partial charge on any atom is 0.114 e. The van der Waals surface area contributed by atoms with Gasteiger partial charge in [0, 0.05) is 0 Å². The zero-order valence-corrected chi connectivity index (χ0v) is 24.5. The summed E-state index contributed by atoms with van der Waals surface area (Å²) in [7, 11) is 0. The third-order valence-corrected chi connectivity index (χ3v) is 7.36. The molecule has 0 bridgehead atoms. The van der Waals surface area contributed by atoms with Gasteiger partial charge < -0.3 is 54.1 Å². The minimum absolute atomic E-state index is 0. The number of hydrogen-bond donors (Lipinski definition) is 2. The van der Waals surface area contributed by atoms with Crippen LogP contribution in [0.15, 0.2) is 0 Å². The van der Waals surface area contributed by atoms with E-state index in [0.717, 1.165) is 39.4 Å². The molecule has 194 valence electrons. The average molecular weight is 587 g/mol. The Hall–Kier alpha value is 0.800. The van der Waals surface area contributed by atoms with Gasteiger partial charge >= 0.3 is 0 Å². The van der Waals surface area contributed by atoms with E-state index in [1.54, 1.807) is 0 Å². The molecule has 0 saturated carbocycles. The third kappa shape index (κ3) is 15.7. The van der Waals surface area contributed by atoms with Gasteiger partial charge in [-0.3, -0.25) is 0 Å². The molecule has 2 saturated heterocycles. The maximum absolute atomic E-state index is 5.98. The summed E-state index contributed by atoms with van der Waals surface area (Å²) in [4.78, 5) is 0. The van der Waals surface area contributed by atoms with Crippen molar-refractivity contribution in [2.24, 2.45) is 0 Å². The third-order valence-electron chi connectivity index (χ3n) is 7.36. The first kappa shape index (κ1) is 32.8. The lowest BCUT2D eigenvalue weighted by atomic mass is 9.96. The van der Waals surface area contributed by atoms with Gasteiger partial charge in [0.2, 0.25) is 0 Å². The Morgan fingerprint density at radius 1 is 0.500 bits per heavy atom. The first-order valence-electron chi connectivity index (χ1n) is 13.5. The van der Waals surface area contributed by atoms with E-state index >= 15 is 0 Å². The summed E-state index contributed by atoms with van der Waals surface area (Å²) in [6, 6.07) is 0. The second kappa shape index (κ2) is 20.0. The van der Waals surface area contributed by atoms with Crippen LogP contribution in [0, 0.1) is 0 Å². The lowest BCUT2D eigenvalue weighted by Gasteiger charge is -2.31. The number of nitrogens with two attached hydrogens (primary N) is 2. The zero-order valence-electron chi connectivity index (χ0n) is 21.3. The second-order valence-electron chi connectivity index (χ2n) is 10.6. The minimum Gasteiger partial charge on any atom is -1.00 e. The van der Waals surface area contributed by atoms with Gasteiger partial charge in [0.1, 0.15) is 24.3 Å². The van der Waals surface area contributed by atoms with E-state index in [4.69, 9.17) is 9.47 Å². The lowest BCUT2D eigenvalue weighted by Crippen LogP contribution is -3.00. The maximum atomic E-state index is 5.98. The van der Waals surface area contributed by atoms with Crippen LogP contribution in [-0.2, 0) is 9.47 Å². The molecule has 0 aromatic rings. The Morgan fingerprint density at radius 2 is 0.781 bits per heavy atom. The summed E-state index contributed by atoms with van der Waals surface area (Å²) in [6.45, 7) is 11.1. The van der Waals surface area contributed by atoms with Crippen molar-refractivity contribution in [2.45, 2.75) is 128 Å². The lowest BCUT2D eigenvalue weighted by molar-refractivity contribution is -0.685. The fourth-order valence-corrected chi connectivity index (χ4v) is 5.18. The molecule has 2 aliphatic rings. The fourth-order valence-electron chi connectivity index (χ4n) is 5.18. The Bertz CT molecular complexity index is 377. The summed E-state index contributed by atoms with van der Waals surface area (Å²) < 4.78 is 12.0. The van der Waals surface area contributed by atoms with Crippen molar-refractivity contribution in [1.29, 1.82) is 0 Å². The predicted molar refractivity (Wildman–Crippen MR) is 126 cm³/mol. The molecule has 2 rings (SSSR count). The summed E-state index contributed by atoms with van der Waals surface area (Å²) in [6.07, 6.45) is 22.4. The molecule has 0 aromatic carbocycles. The van der Waals surface area contributed by atoms with Crippen LogP contribution < -0.4 is 44.6 Å². The van der Waals surface area contributed by atoms with Crippen LogP contribution in [0.3, 0.4) is 0 Å². The standard InChI is InChI=1S/C26H52N2O2.2BrH/c1-25(23-27-19-21-29-25)17-15-13-11-9-7-5-3-4-6-8-10-12-14-16-18-26(2)24-28-20-22-30-26;;/h27-28H,3-24H2,1-2H3;2*1H. The molecule has 4 nitrogen and oxygen atoms in total. The molecule has 0 aromatic heterocycles. The van der Waals surface area contributed by atoms with E-state index in [9.17, 15) is 0 Å². The first-order valence-corrected chi connectivity index (χ1v) is 13.5. The number of ether oxygens (including phenoxy) is 2. The molecule has 2 unspecified atom stereocenters. The first-order chi connectivity index (χ1) is 14.6. The number of halogens is 2. The summed E-state index contributed by atoms with van der Waals surface area (Å²) in [5.41, 5.74) is 0.303. The van der Waals surface area contributed by atoms with Crippen LogP contribution in [0.4, 0.5) is 0 Å². The Labute approximate surface area is 220 Å². The largest absolute Gasteiger partial charge is 1.00 e. The Balaban J connectivity index is 0.00000480. The molecule has 32 heavy (non-hydrogen) atoms. The van der Waals surface area contributed by atoms with E-state index in [1.165, 1.54) is 103 Å². The molecule has 2 fully saturated rings. The number of morpholine rings is 2. The number of hydrogen-bond acceptors (Lipinski definition) is 2. The molecular weight excluding hydrogens is 532 g/mol. The SMILES string of the molecule is CC1(CCCCCCCCCCCCCCCCC2(C)C[NH2+]CCO2)C[NH2+]CCO1.[Br-].[Br-]. The summed E-state index contributed by atoms with van der Waals surface area (Å²) >= 11 is 0. The molecule has 0 aliphatic carbocycles. The Morgan fingerprint density at radius 3 is 1.03 bits per heavy atom. The van der Waals surface area contributed by atoms with Crippen molar-refractivity contribution < 1.29 is 54.1 Å². The Kier molecular flexibility index (Phi) is 20.5. The van der Waals surface area contributed by atoms with E-state index in [2.05, 4.69) is 24.5 Å². The minimum atomic E-state index is 0. The van der Waals surface area contributed by atoms with Gasteiger partial charge in [0.05, 0.1) is 26.3 Å². The molecule has 0 amide bonds. The smallest absolute Gasteiger partial charge is 0.114 e. The highest BCUT2D eigenvalue weighted by Crippen LogP contribution is 2.21. The van der Waals surface area contributed by atoms with E-state index in [1.807, 2.05) is 0 Å². The number of quaternary nitrogens is 2. The van der Waals surface area contributed by atoms with Crippen molar-refractivity contribution in [3.05, 3.63) is 0 Å². The zero-order chi connectivity index (χ0) is 21.4. The topological polar surface area (TPSA) is 51.7 Å². The van der Waals surface area contributed by atoms with Crippen molar-refractivity contribution in [3.8, 4) is 0 Å². The van der Waals surface area contributed by atoms with E-state index < -0.39 is 0 Å². The van der Waals surface area contributed by atoms with Crippen LogP contribution in [0.1, 0.15) is 117 Å². The molecule has 2 aliphatic heterocycles. The van der Waals surface area contributed by atoms with Crippen LogP contribution in [0.2, 0.25) is 0 Å². The van der Waals surface area contributed by atoms with Gasteiger partial charge in [-0.15, -0.1) is 0 Å². The fraction of sp³-hybridized carbons (Fsp3) is 1.00. The van der Waals surface area contributed by atoms with Crippen LogP contribution in [0.5, 0.6) is 0 Å². The van der Waals surface area contributed by atoms with E-state index in [0.29, 0.717) is 0 Å². The van der Waals surface area contributed by atoms with Crippen molar-refractivity contribution in [3.63, 3.8) is 0 Å². The number of unbranched alkanes of at least 4 members (excludes halogenated alkanes) is 13. The van der Waals surface area contributed by atoms with Gasteiger partial charge in [-0.1, -0.05) is 89.9 Å². The molecule has 0 spiro atoms. The normalized spacial score (nSPS) is 25.7. The van der Waals surface area contributed by atoms with Gasteiger partial charge in [0.25, 0.3) is 0 Å². The molecule has 2 atom stereocenters. The molecular formula is C26H54Br2N2O2. The van der Waals surface area contributed by atoms with Crippen molar-refractivity contribution in [2.75, 3.05) is 39.4 Å². The molecule has 0 radical (unpaired) electrons. The highest BCUT2D eigenvalue weighted by Gasteiger charge is 2.30. The average Bonchev–Trinajstić information content (AvgIpc) is 2.74. The summed E-state index contributed by atoms with van der Waals surface area (Å²) in [5, 5.41) is 4.83. The monoisotopic (exact) mass is 584 g/mol. The van der Waals surface area contributed by atoms with Gasteiger partial charge in [0.15, 0.2) is 0 Å². The van der Waals surface area contributed by atoms with Crippen LogP contribution >= 0.6 is 0 Å². The highest BCUT2D eigenvalue weighted by atomic mass is 79.9. The van der Waals surface area contributed by atoms with Crippen molar-refractivity contribution >= 4 is 0 Å². The van der Waals surface area contributed by atoms with Crippen LogP contribution in [0.25, 0.3) is 0 Å². The number of rotatable bonds is 17. The van der Waals surface area contributed by atoms with Crippen LogP contribution in [-0.4, -0.2) is 50.6 Å². The van der Waals surface area contributed by atoms with Gasteiger partial charge in [-0.05, 0) is 26.7 Å². The molecule has 2 heterocycles. The van der Waals surface area contributed by atoms with Gasteiger partial charge in [-0.25, -0.2) is 0 Å². The van der Waals surface area contributed by atoms with Gasteiger partial charge in [-0.2, -0.15) is 0 Å². The predicted octanol–water partition coefficient (Wildman–Crippen LogP) is -2.06. The van der Waals surface area contributed by atoms with E-state index in [-0.39, 0.29) is 45.2 Å².